The van der Waals surface area contributed by atoms with Gasteiger partial charge in [0.15, 0.2) is 0 Å². The van der Waals surface area contributed by atoms with Gasteiger partial charge in [-0.05, 0) is 31.4 Å². The van der Waals surface area contributed by atoms with Crippen LogP contribution in [0.25, 0.3) is 0 Å². The van der Waals surface area contributed by atoms with E-state index in [-0.39, 0.29) is 30.6 Å². The predicted octanol–water partition coefficient (Wildman–Crippen LogP) is 2.36. The summed E-state index contributed by atoms with van der Waals surface area (Å²) in [5.74, 6) is 0.129. The molecule has 5 nitrogen and oxygen atoms in total. The van der Waals surface area contributed by atoms with E-state index in [4.69, 9.17) is 0 Å². The Morgan fingerprint density at radius 1 is 1.29 bits per heavy atom. The Morgan fingerprint density at radius 2 is 2.00 bits per heavy atom. The number of urea groups is 1. The molecule has 2 rings (SSSR count). The van der Waals surface area contributed by atoms with Gasteiger partial charge in [-0.3, -0.25) is 4.90 Å². The first-order valence-electron chi connectivity index (χ1n) is 9.10. The van der Waals surface area contributed by atoms with Crippen LogP contribution >= 0.6 is 0 Å². The predicted molar refractivity (Wildman–Crippen MR) is 96.7 cm³/mol. The molecule has 0 radical (unpaired) electrons. The van der Waals surface area contributed by atoms with E-state index < -0.39 is 0 Å². The summed E-state index contributed by atoms with van der Waals surface area (Å²) in [5.41, 5.74) is 1.28. The second-order valence-corrected chi connectivity index (χ2v) is 6.69. The SMILES string of the molecule is CCC(CC)NC(=O)NC1CN(Cc2ccccc2)CCC1CO. The van der Waals surface area contributed by atoms with Crippen LogP contribution in [0.15, 0.2) is 30.3 Å². The molecule has 1 aromatic carbocycles. The van der Waals surface area contributed by atoms with Gasteiger partial charge in [0.2, 0.25) is 0 Å². The maximum Gasteiger partial charge on any atom is 0.315 e. The summed E-state index contributed by atoms with van der Waals surface area (Å²) in [7, 11) is 0. The molecule has 2 amide bonds. The monoisotopic (exact) mass is 333 g/mol. The molecular weight excluding hydrogens is 302 g/mol. The number of piperidine rings is 1. The van der Waals surface area contributed by atoms with Crippen LogP contribution in [0.4, 0.5) is 4.79 Å². The fourth-order valence-electron chi connectivity index (χ4n) is 3.32. The smallest absolute Gasteiger partial charge is 0.315 e. The molecule has 1 aliphatic heterocycles. The summed E-state index contributed by atoms with van der Waals surface area (Å²) in [6.45, 7) is 6.88. The van der Waals surface area contributed by atoms with Crippen LogP contribution in [-0.2, 0) is 6.54 Å². The van der Waals surface area contributed by atoms with Gasteiger partial charge in [-0.25, -0.2) is 4.79 Å². The van der Waals surface area contributed by atoms with E-state index in [0.29, 0.717) is 0 Å². The third-order valence-corrected chi connectivity index (χ3v) is 4.96. The molecule has 2 atom stereocenters. The Labute approximate surface area is 145 Å². The number of rotatable bonds is 7. The van der Waals surface area contributed by atoms with E-state index in [9.17, 15) is 9.90 Å². The van der Waals surface area contributed by atoms with Gasteiger partial charge in [-0.2, -0.15) is 0 Å². The van der Waals surface area contributed by atoms with Crippen LogP contribution in [-0.4, -0.2) is 47.8 Å². The van der Waals surface area contributed by atoms with Crippen molar-refractivity contribution in [3.63, 3.8) is 0 Å². The maximum absolute atomic E-state index is 12.2. The summed E-state index contributed by atoms with van der Waals surface area (Å²) in [6, 6.07) is 10.5. The lowest BCUT2D eigenvalue weighted by Crippen LogP contribution is -2.56. The highest BCUT2D eigenvalue weighted by atomic mass is 16.3. The van der Waals surface area contributed by atoms with E-state index in [1.54, 1.807) is 0 Å². The Hall–Kier alpha value is -1.59. The third-order valence-electron chi connectivity index (χ3n) is 4.96. The van der Waals surface area contributed by atoms with Crippen molar-refractivity contribution in [1.29, 1.82) is 0 Å². The first kappa shape index (κ1) is 18.7. The molecule has 134 valence electrons. The molecule has 1 heterocycles. The molecule has 1 saturated heterocycles. The Balaban J connectivity index is 1.91. The lowest BCUT2D eigenvalue weighted by atomic mass is 9.92. The van der Waals surface area contributed by atoms with Crippen LogP contribution in [0, 0.1) is 5.92 Å². The van der Waals surface area contributed by atoms with E-state index in [1.807, 2.05) is 6.07 Å². The summed E-state index contributed by atoms with van der Waals surface area (Å²) in [5, 5.41) is 15.7. The van der Waals surface area contributed by atoms with E-state index >= 15 is 0 Å². The van der Waals surface area contributed by atoms with Gasteiger partial charge in [-0.15, -0.1) is 0 Å². The topological polar surface area (TPSA) is 64.6 Å². The quantitative estimate of drug-likeness (QED) is 0.718. The molecule has 2 unspecified atom stereocenters. The molecule has 1 fully saturated rings. The number of amides is 2. The Kier molecular flexibility index (Phi) is 7.53. The zero-order valence-electron chi connectivity index (χ0n) is 14.9. The van der Waals surface area contributed by atoms with Crippen molar-refractivity contribution in [1.82, 2.24) is 15.5 Å². The minimum absolute atomic E-state index is 0.0122. The van der Waals surface area contributed by atoms with E-state index in [0.717, 1.165) is 38.9 Å². The largest absolute Gasteiger partial charge is 0.396 e. The highest BCUT2D eigenvalue weighted by molar-refractivity contribution is 5.74. The number of likely N-dealkylation sites (tertiary alicyclic amines) is 1. The van der Waals surface area contributed by atoms with Gasteiger partial charge in [0.05, 0.1) is 0 Å². The number of benzene rings is 1. The molecule has 0 saturated carbocycles. The molecule has 0 spiro atoms. The van der Waals surface area contributed by atoms with Crippen LogP contribution in [0.2, 0.25) is 0 Å². The summed E-state index contributed by atoms with van der Waals surface area (Å²) in [6.07, 6.45) is 2.76. The first-order chi connectivity index (χ1) is 11.7. The van der Waals surface area contributed by atoms with Gasteiger partial charge < -0.3 is 15.7 Å². The number of nitrogens with zero attached hydrogens (tertiary/aromatic N) is 1. The van der Waals surface area contributed by atoms with Gasteiger partial charge in [-0.1, -0.05) is 44.2 Å². The number of hydrogen-bond donors (Lipinski definition) is 3. The van der Waals surface area contributed by atoms with E-state index in [2.05, 4.69) is 53.6 Å². The zero-order chi connectivity index (χ0) is 17.4. The number of aliphatic hydroxyl groups excluding tert-OH is 1. The molecule has 5 heteroatoms. The fraction of sp³-hybridized carbons (Fsp3) is 0.632. The number of aliphatic hydroxyl groups is 1. The summed E-state index contributed by atoms with van der Waals surface area (Å²) >= 11 is 0. The highest BCUT2D eigenvalue weighted by Crippen LogP contribution is 2.19. The lowest BCUT2D eigenvalue weighted by molar-refractivity contribution is 0.0944. The van der Waals surface area contributed by atoms with Crippen LogP contribution in [0.3, 0.4) is 0 Å². The van der Waals surface area contributed by atoms with Crippen molar-refractivity contribution in [2.45, 2.75) is 51.7 Å². The highest BCUT2D eigenvalue weighted by Gasteiger charge is 2.30. The van der Waals surface area contributed by atoms with Gasteiger partial charge >= 0.3 is 6.03 Å². The van der Waals surface area contributed by atoms with Crippen LogP contribution in [0.1, 0.15) is 38.7 Å². The van der Waals surface area contributed by atoms with Crippen molar-refractivity contribution in [2.75, 3.05) is 19.7 Å². The second kappa shape index (κ2) is 9.64. The minimum atomic E-state index is -0.117. The number of hydrogen-bond acceptors (Lipinski definition) is 3. The first-order valence-corrected chi connectivity index (χ1v) is 9.10. The lowest BCUT2D eigenvalue weighted by Gasteiger charge is -2.38. The molecule has 0 bridgehead atoms. The van der Waals surface area contributed by atoms with Crippen molar-refractivity contribution in [2.24, 2.45) is 5.92 Å². The van der Waals surface area contributed by atoms with Crippen LogP contribution in [0.5, 0.6) is 0 Å². The second-order valence-electron chi connectivity index (χ2n) is 6.69. The molecule has 0 aromatic heterocycles. The normalized spacial score (nSPS) is 21.7. The van der Waals surface area contributed by atoms with Crippen LogP contribution < -0.4 is 10.6 Å². The standard InChI is InChI=1S/C19H31N3O2/c1-3-17(4-2)20-19(24)21-18-13-22(11-10-16(18)14-23)12-15-8-6-5-7-9-15/h5-9,16-18,23H,3-4,10-14H2,1-2H3,(H2,20,21,24). The number of nitrogens with one attached hydrogen (secondary N) is 2. The van der Waals surface area contributed by atoms with Crippen molar-refractivity contribution < 1.29 is 9.90 Å². The zero-order valence-corrected chi connectivity index (χ0v) is 14.9. The Morgan fingerprint density at radius 3 is 2.62 bits per heavy atom. The summed E-state index contributed by atoms with van der Waals surface area (Å²) in [4.78, 5) is 14.6. The number of carbonyl (C=O) groups is 1. The minimum Gasteiger partial charge on any atom is -0.396 e. The van der Waals surface area contributed by atoms with Crippen molar-refractivity contribution in [3.05, 3.63) is 35.9 Å². The average Bonchev–Trinajstić information content (AvgIpc) is 2.61. The fourth-order valence-corrected chi connectivity index (χ4v) is 3.32. The number of carbonyl (C=O) groups excluding carboxylic acids is 1. The van der Waals surface area contributed by atoms with Crippen molar-refractivity contribution >= 4 is 6.03 Å². The maximum atomic E-state index is 12.2. The third kappa shape index (κ3) is 5.49. The molecule has 0 aliphatic carbocycles. The van der Waals surface area contributed by atoms with E-state index in [1.165, 1.54) is 5.56 Å². The van der Waals surface area contributed by atoms with Gasteiger partial charge in [0.25, 0.3) is 0 Å². The molecule has 24 heavy (non-hydrogen) atoms. The van der Waals surface area contributed by atoms with Gasteiger partial charge in [0, 0.05) is 37.7 Å². The molecule has 1 aromatic rings. The van der Waals surface area contributed by atoms with Gasteiger partial charge in [0.1, 0.15) is 0 Å². The Bertz CT molecular complexity index is 491. The van der Waals surface area contributed by atoms with Crippen molar-refractivity contribution in [3.8, 4) is 0 Å². The summed E-state index contributed by atoms with van der Waals surface area (Å²) < 4.78 is 0. The molecule has 3 N–H and O–H groups in total. The molecular formula is C19H31N3O2. The average molecular weight is 333 g/mol. The molecule has 1 aliphatic rings.